The summed E-state index contributed by atoms with van der Waals surface area (Å²) in [6, 6.07) is 42.7. The molecule has 0 unspecified atom stereocenters. The Kier molecular flexibility index (Phi) is 4.97. The molecule has 0 aliphatic heterocycles. The largest absolute Gasteiger partial charge is 0.456 e. The number of aromatic nitrogens is 1. The molecule has 2 N–H and O–H groups in total. The molecule has 0 radical (unpaired) electrons. The first-order valence-corrected chi connectivity index (χ1v) is 14.1. The lowest BCUT2D eigenvalue weighted by Crippen LogP contribution is -1.93. The first-order valence-electron chi connectivity index (χ1n) is 13.1. The number of fused-ring (bicyclic) bond motifs is 7. The van der Waals surface area contributed by atoms with E-state index in [1.807, 2.05) is 24.3 Å². The molecular weight excluding hydrogens is 496 g/mol. The average Bonchev–Trinajstić information content (AvgIpc) is 3.52. The van der Waals surface area contributed by atoms with E-state index in [1.54, 1.807) is 11.8 Å². The number of anilines is 1. The van der Waals surface area contributed by atoms with Crippen LogP contribution in [0.2, 0.25) is 0 Å². The minimum Gasteiger partial charge on any atom is -0.456 e. The lowest BCUT2D eigenvalue weighted by atomic mass is 10.0. The number of para-hydroxylation sites is 2. The summed E-state index contributed by atoms with van der Waals surface area (Å²) in [5, 5.41) is 7.25. The van der Waals surface area contributed by atoms with Crippen molar-refractivity contribution in [2.45, 2.75) is 10.6 Å². The second-order valence-electron chi connectivity index (χ2n) is 9.94. The summed E-state index contributed by atoms with van der Waals surface area (Å²) >= 11 is 1.79. The second-order valence-corrected chi connectivity index (χ2v) is 10.9. The normalized spacial score (nSPS) is 11.9. The fraction of sp³-hybridized carbons (Fsp3) is 0.0286. The van der Waals surface area contributed by atoms with Crippen LogP contribution in [0.1, 0.15) is 5.56 Å². The van der Waals surface area contributed by atoms with Crippen molar-refractivity contribution in [1.29, 1.82) is 0 Å². The van der Waals surface area contributed by atoms with Gasteiger partial charge in [-0.25, -0.2) is 0 Å². The van der Waals surface area contributed by atoms with E-state index in [-0.39, 0.29) is 0 Å². The fourth-order valence-corrected chi connectivity index (χ4v) is 7.04. The van der Waals surface area contributed by atoms with Gasteiger partial charge in [0, 0.05) is 43.6 Å². The third kappa shape index (κ3) is 3.45. The van der Waals surface area contributed by atoms with Crippen LogP contribution in [-0.2, 0) is 5.75 Å². The van der Waals surface area contributed by atoms with Crippen LogP contribution >= 0.6 is 11.8 Å². The molecule has 0 amide bonds. The molecule has 2 heterocycles. The van der Waals surface area contributed by atoms with Crippen LogP contribution in [0.15, 0.2) is 131 Å². The van der Waals surface area contributed by atoms with Gasteiger partial charge in [0.2, 0.25) is 0 Å². The van der Waals surface area contributed by atoms with Crippen molar-refractivity contribution in [2.24, 2.45) is 0 Å². The quantitative estimate of drug-likeness (QED) is 0.186. The molecule has 186 valence electrons. The molecule has 39 heavy (non-hydrogen) atoms. The summed E-state index contributed by atoms with van der Waals surface area (Å²) in [6.45, 7) is 0. The van der Waals surface area contributed by atoms with E-state index in [2.05, 4.69) is 102 Å². The van der Waals surface area contributed by atoms with E-state index in [0.29, 0.717) is 0 Å². The summed E-state index contributed by atoms with van der Waals surface area (Å²) < 4.78 is 8.54. The molecule has 0 saturated carbocycles. The highest BCUT2D eigenvalue weighted by Crippen LogP contribution is 2.43. The Morgan fingerprint density at radius 1 is 0.615 bits per heavy atom. The fourth-order valence-electron chi connectivity index (χ4n) is 5.91. The highest BCUT2D eigenvalue weighted by atomic mass is 32.2. The Morgan fingerprint density at radius 2 is 1.38 bits per heavy atom. The van der Waals surface area contributed by atoms with Gasteiger partial charge >= 0.3 is 0 Å². The molecule has 2 aromatic heterocycles. The minimum atomic E-state index is 0.781. The van der Waals surface area contributed by atoms with Gasteiger partial charge in [-0.2, -0.15) is 0 Å². The summed E-state index contributed by atoms with van der Waals surface area (Å²) in [5.41, 5.74) is 14.0. The molecular formula is C35H24N2OS. The van der Waals surface area contributed by atoms with Gasteiger partial charge in [0.1, 0.15) is 11.2 Å². The second kappa shape index (κ2) is 8.69. The Bertz CT molecular complexity index is 2190. The third-order valence-corrected chi connectivity index (χ3v) is 8.84. The van der Waals surface area contributed by atoms with Crippen LogP contribution in [0.4, 0.5) is 5.69 Å². The zero-order valence-electron chi connectivity index (χ0n) is 21.1. The van der Waals surface area contributed by atoms with Crippen LogP contribution in [-0.4, -0.2) is 4.57 Å². The predicted octanol–water partition coefficient (Wildman–Crippen LogP) is 9.71. The lowest BCUT2D eigenvalue weighted by molar-refractivity contribution is 0.668. The number of rotatable bonds is 4. The van der Waals surface area contributed by atoms with Gasteiger partial charge in [-0.15, -0.1) is 11.8 Å². The molecule has 0 fully saturated rings. The zero-order chi connectivity index (χ0) is 25.9. The number of nitrogens with two attached hydrogens (primary N) is 1. The number of nitrogen functional groups attached to an aromatic ring is 1. The van der Waals surface area contributed by atoms with Crippen molar-refractivity contribution in [3.05, 3.63) is 127 Å². The Labute approximate surface area is 229 Å². The minimum absolute atomic E-state index is 0.781. The number of nitrogens with zero attached hydrogens (tertiary/aromatic N) is 1. The molecule has 8 aromatic rings. The van der Waals surface area contributed by atoms with Gasteiger partial charge in [-0.3, -0.25) is 0 Å². The Hall–Kier alpha value is -4.67. The molecule has 0 saturated heterocycles. The summed E-state index contributed by atoms with van der Waals surface area (Å²) in [7, 11) is 0. The van der Waals surface area contributed by atoms with Gasteiger partial charge in [0.25, 0.3) is 0 Å². The molecule has 0 atom stereocenters. The first kappa shape index (κ1) is 22.3. The van der Waals surface area contributed by atoms with Crippen molar-refractivity contribution in [1.82, 2.24) is 4.57 Å². The monoisotopic (exact) mass is 520 g/mol. The van der Waals surface area contributed by atoms with Gasteiger partial charge in [0.05, 0.1) is 11.0 Å². The topological polar surface area (TPSA) is 44.1 Å². The van der Waals surface area contributed by atoms with Crippen LogP contribution in [0, 0.1) is 0 Å². The molecule has 3 nitrogen and oxygen atoms in total. The highest BCUT2D eigenvalue weighted by molar-refractivity contribution is 7.99. The maximum Gasteiger partial charge on any atom is 0.136 e. The number of thioether (sulfide) groups is 1. The molecule has 0 bridgehead atoms. The number of hydrogen-bond acceptors (Lipinski definition) is 3. The summed E-state index contributed by atoms with van der Waals surface area (Å²) in [4.78, 5) is 1.08. The van der Waals surface area contributed by atoms with Crippen LogP contribution in [0.3, 0.4) is 0 Å². The molecule has 0 aliphatic rings. The molecule has 4 heteroatoms. The van der Waals surface area contributed by atoms with Crippen LogP contribution in [0.5, 0.6) is 0 Å². The zero-order valence-corrected chi connectivity index (χ0v) is 21.9. The van der Waals surface area contributed by atoms with Crippen LogP contribution < -0.4 is 5.73 Å². The summed E-state index contributed by atoms with van der Waals surface area (Å²) in [6.07, 6.45) is 0. The van der Waals surface area contributed by atoms with Crippen molar-refractivity contribution >= 4 is 72.0 Å². The lowest BCUT2D eigenvalue weighted by Gasteiger charge is -2.10. The van der Waals surface area contributed by atoms with Crippen molar-refractivity contribution in [2.75, 3.05) is 5.73 Å². The van der Waals surface area contributed by atoms with E-state index in [1.165, 1.54) is 38.1 Å². The Balaban J connectivity index is 1.35. The standard InChI is InChI=1S/C35H24N2OS/c36-28-17-18-32-34(26-14-6-7-16-31(26)38-32)35(28)39-21-24-11-8-15-29-33(24)27-19-22-9-4-5-10-23(22)20-30(27)37(29)25-12-2-1-3-13-25/h1-20H,21,36H2. The number of benzene rings is 6. The van der Waals surface area contributed by atoms with Gasteiger partial charge in [0.15, 0.2) is 0 Å². The molecule has 0 spiro atoms. The van der Waals surface area contributed by atoms with E-state index < -0.39 is 0 Å². The predicted molar refractivity (Wildman–Crippen MR) is 166 cm³/mol. The smallest absolute Gasteiger partial charge is 0.136 e. The highest BCUT2D eigenvalue weighted by Gasteiger charge is 2.18. The Morgan fingerprint density at radius 3 is 2.26 bits per heavy atom. The third-order valence-electron chi connectivity index (χ3n) is 7.66. The van der Waals surface area contributed by atoms with E-state index in [9.17, 15) is 0 Å². The van der Waals surface area contributed by atoms with Crippen molar-refractivity contribution in [3.8, 4) is 5.69 Å². The van der Waals surface area contributed by atoms with Crippen LogP contribution in [0.25, 0.3) is 60.2 Å². The first-order chi connectivity index (χ1) is 19.3. The van der Waals surface area contributed by atoms with Gasteiger partial charge in [-0.1, -0.05) is 72.8 Å². The molecule has 8 rings (SSSR count). The van der Waals surface area contributed by atoms with E-state index in [0.717, 1.165) is 44.0 Å². The van der Waals surface area contributed by atoms with E-state index >= 15 is 0 Å². The summed E-state index contributed by atoms with van der Waals surface area (Å²) in [5.74, 6) is 0.793. The van der Waals surface area contributed by atoms with Crippen molar-refractivity contribution < 1.29 is 4.42 Å². The van der Waals surface area contributed by atoms with Gasteiger partial charge < -0.3 is 14.7 Å². The maximum absolute atomic E-state index is 6.58. The van der Waals surface area contributed by atoms with Gasteiger partial charge in [-0.05, 0) is 64.9 Å². The number of hydrogen-bond donors (Lipinski definition) is 1. The van der Waals surface area contributed by atoms with Crippen molar-refractivity contribution in [3.63, 3.8) is 0 Å². The van der Waals surface area contributed by atoms with E-state index in [4.69, 9.17) is 10.2 Å². The SMILES string of the molecule is Nc1ccc2oc3ccccc3c2c1SCc1cccc2c1c1cc3ccccc3cc1n2-c1ccccc1. The molecule has 6 aromatic carbocycles. The number of furan rings is 1. The average molecular weight is 521 g/mol. The maximum atomic E-state index is 6.58. The molecule has 0 aliphatic carbocycles.